The highest BCUT2D eigenvalue weighted by Crippen LogP contribution is 2.18. The van der Waals surface area contributed by atoms with Crippen molar-refractivity contribution in [1.82, 2.24) is 9.97 Å². The van der Waals surface area contributed by atoms with Crippen LogP contribution in [0.2, 0.25) is 0 Å². The molecule has 0 fully saturated rings. The van der Waals surface area contributed by atoms with Crippen molar-refractivity contribution in [1.29, 1.82) is 0 Å². The summed E-state index contributed by atoms with van der Waals surface area (Å²) in [6.07, 6.45) is 1.56. The van der Waals surface area contributed by atoms with Gasteiger partial charge in [0.05, 0.1) is 11.1 Å². The van der Waals surface area contributed by atoms with Gasteiger partial charge in [-0.25, -0.2) is 14.8 Å². The number of rotatable bonds is 3. The Morgan fingerprint density at radius 2 is 2.24 bits per heavy atom. The van der Waals surface area contributed by atoms with Crippen molar-refractivity contribution in [2.24, 2.45) is 0 Å². The van der Waals surface area contributed by atoms with E-state index in [1.807, 2.05) is 18.9 Å². The summed E-state index contributed by atoms with van der Waals surface area (Å²) >= 11 is 0. The van der Waals surface area contributed by atoms with E-state index in [-0.39, 0.29) is 5.56 Å². The third-order valence-corrected chi connectivity index (χ3v) is 2.66. The summed E-state index contributed by atoms with van der Waals surface area (Å²) in [6, 6.07) is 5.03. The molecule has 0 aliphatic carbocycles. The Balaban J connectivity index is 2.60. The van der Waals surface area contributed by atoms with Crippen LogP contribution in [0.3, 0.4) is 0 Å². The maximum absolute atomic E-state index is 11.0. The van der Waals surface area contributed by atoms with Crippen molar-refractivity contribution >= 4 is 22.8 Å². The highest BCUT2D eigenvalue weighted by molar-refractivity contribution is 6.02. The van der Waals surface area contributed by atoms with E-state index in [4.69, 9.17) is 5.11 Å². The zero-order valence-corrected chi connectivity index (χ0v) is 9.71. The molecular weight excluding hydrogens is 218 g/mol. The van der Waals surface area contributed by atoms with Crippen LogP contribution in [-0.4, -0.2) is 34.6 Å². The highest BCUT2D eigenvalue weighted by atomic mass is 16.4. The second kappa shape index (κ2) is 4.37. The molecule has 88 valence electrons. The number of benzene rings is 1. The fraction of sp³-hybridized carbons (Fsp3) is 0.250. The van der Waals surface area contributed by atoms with Gasteiger partial charge in [-0.15, -0.1) is 0 Å². The predicted octanol–water partition coefficient (Wildman–Crippen LogP) is 1.78. The van der Waals surface area contributed by atoms with Crippen LogP contribution in [0.1, 0.15) is 17.3 Å². The number of carbonyl (C=O) groups is 1. The summed E-state index contributed by atoms with van der Waals surface area (Å²) in [5.41, 5.74) is 0.878. The van der Waals surface area contributed by atoms with Crippen molar-refractivity contribution in [2.45, 2.75) is 6.92 Å². The van der Waals surface area contributed by atoms with Crippen LogP contribution in [-0.2, 0) is 0 Å². The Morgan fingerprint density at radius 3 is 2.88 bits per heavy atom. The fourth-order valence-electron chi connectivity index (χ4n) is 1.56. The molecule has 1 aromatic carbocycles. The van der Waals surface area contributed by atoms with E-state index < -0.39 is 5.97 Å². The number of anilines is 1. The average molecular weight is 231 g/mol. The molecule has 0 aliphatic rings. The molecule has 0 bridgehead atoms. The number of carboxylic acids is 1. The summed E-state index contributed by atoms with van der Waals surface area (Å²) in [5, 5.41) is 9.60. The lowest BCUT2D eigenvalue weighted by molar-refractivity contribution is 0.0699. The number of fused-ring (bicyclic) bond motifs is 1. The van der Waals surface area contributed by atoms with Gasteiger partial charge in [-0.1, -0.05) is 6.07 Å². The molecule has 2 aromatic rings. The number of aromatic carboxylic acids is 1. The van der Waals surface area contributed by atoms with Gasteiger partial charge >= 0.3 is 5.97 Å². The van der Waals surface area contributed by atoms with Crippen LogP contribution in [0.25, 0.3) is 10.9 Å². The molecule has 0 spiro atoms. The second-order valence-corrected chi connectivity index (χ2v) is 3.73. The van der Waals surface area contributed by atoms with Gasteiger partial charge in [0.15, 0.2) is 0 Å². The van der Waals surface area contributed by atoms with Crippen LogP contribution < -0.4 is 4.90 Å². The van der Waals surface area contributed by atoms with Gasteiger partial charge in [0, 0.05) is 25.2 Å². The molecule has 1 heterocycles. The predicted molar refractivity (Wildman–Crippen MR) is 65.4 cm³/mol. The number of hydrogen-bond donors (Lipinski definition) is 1. The Bertz CT molecular complexity index is 569. The van der Waals surface area contributed by atoms with Gasteiger partial charge in [-0.3, -0.25) is 0 Å². The summed E-state index contributed by atoms with van der Waals surface area (Å²) in [6.45, 7) is 2.80. The molecule has 0 atom stereocenters. The third kappa shape index (κ3) is 2.04. The quantitative estimate of drug-likeness (QED) is 0.872. The molecule has 5 heteroatoms. The first-order chi connectivity index (χ1) is 8.13. The number of nitrogens with zero attached hydrogens (tertiary/aromatic N) is 3. The minimum Gasteiger partial charge on any atom is -0.478 e. The lowest BCUT2D eigenvalue weighted by Crippen LogP contribution is -2.18. The Labute approximate surface area is 98.7 Å². The highest BCUT2D eigenvalue weighted by Gasteiger charge is 2.10. The van der Waals surface area contributed by atoms with E-state index in [0.29, 0.717) is 16.9 Å². The Kier molecular flexibility index (Phi) is 2.91. The molecule has 0 amide bonds. The molecule has 0 unspecified atom stereocenters. The van der Waals surface area contributed by atoms with Gasteiger partial charge in [-0.2, -0.15) is 0 Å². The van der Waals surface area contributed by atoms with E-state index in [1.165, 1.54) is 0 Å². The van der Waals surface area contributed by atoms with E-state index >= 15 is 0 Å². The van der Waals surface area contributed by atoms with Crippen LogP contribution in [0.15, 0.2) is 24.4 Å². The molecule has 0 radical (unpaired) electrons. The summed E-state index contributed by atoms with van der Waals surface area (Å²) in [4.78, 5) is 21.4. The summed E-state index contributed by atoms with van der Waals surface area (Å²) in [5.74, 6) is -0.363. The molecular formula is C12H13N3O2. The van der Waals surface area contributed by atoms with Crippen LogP contribution in [0.4, 0.5) is 5.95 Å². The maximum atomic E-state index is 11.0. The standard InChI is InChI=1S/C12H13N3O2/c1-3-15(2)12-13-7-9-8(11(16)17)5-4-6-10(9)14-12/h4-7H,3H2,1-2H3,(H,16,17). The van der Waals surface area contributed by atoms with E-state index in [1.54, 1.807) is 24.4 Å². The lowest BCUT2D eigenvalue weighted by atomic mass is 10.1. The molecule has 0 saturated carbocycles. The van der Waals surface area contributed by atoms with E-state index in [0.717, 1.165) is 6.54 Å². The average Bonchev–Trinajstić information content (AvgIpc) is 2.36. The molecule has 5 nitrogen and oxygen atoms in total. The maximum Gasteiger partial charge on any atom is 0.336 e. The minimum absolute atomic E-state index is 0.230. The van der Waals surface area contributed by atoms with Crippen molar-refractivity contribution in [3.05, 3.63) is 30.0 Å². The smallest absolute Gasteiger partial charge is 0.336 e. The van der Waals surface area contributed by atoms with E-state index in [9.17, 15) is 4.79 Å². The van der Waals surface area contributed by atoms with Crippen LogP contribution in [0.5, 0.6) is 0 Å². The van der Waals surface area contributed by atoms with Crippen molar-refractivity contribution in [3.63, 3.8) is 0 Å². The van der Waals surface area contributed by atoms with Gasteiger partial charge in [-0.05, 0) is 19.1 Å². The summed E-state index contributed by atoms with van der Waals surface area (Å²) in [7, 11) is 1.89. The molecule has 0 aliphatic heterocycles. The van der Waals surface area contributed by atoms with Crippen molar-refractivity contribution < 1.29 is 9.90 Å². The van der Waals surface area contributed by atoms with Gasteiger partial charge in [0.25, 0.3) is 0 Å². The van der Waals surface area contributed by atoms with Gasteiger partial charge < -0.3 is 10.0 Å². The molecule has 1 aromatic heterocycles. The zero-order valence-electron chi connectivity index (χ0n) is 9.71. The number of aromatic nitrogens is 2. The number of hydrogen-bond acceptors (Lipinski definition) is 4. The minimum atomic E-state index is -0.962. The van der Waals surface area contributed by atoms with Gasteiger partial charge in [0.2, 0.25) is 5.95 Å². The molecule has 0 saturated heterocycles. The first kappa shape index (κ1) is 11.3. The van der Waals surface area contributed by atoms with Crippen LogP contribution in [0, 0.1) is 0 Å². The second-order valence-electron chi connectivity index (χ2n) is 3.73. The topological polar surface area (TPSA) is 66.3 Å². The zero-order chi connectivity index (χ0) is 12.4. The first-order valence-corrected chi connectivity index (χ1v) is 5.33. The van der Waals surface area contributed by atoms with Crippen molar-refractivity contribution in [3.8, 4) is 0 Å². The lowest BCUT2D eigenvalue weighted by Gasteiger charge is -2.14. The largest absolute Gasteiger partial charge is 0.478 e. The van der Waals surface area contributed by atoms with Crippen molar-refractivity contribution in [2.75, 3.05) is 18.5 Å². The first-order valence-electron chi connectivity index (χ1n) is 5.33. The Hall–Kier alpha value is -2.17. The van der Waals surface area contributed by atoms with E-state index in [2.05, 4.69) is 9.97 Å². The monoisotopic (exact) mass is 231 g/mol. The van der Waals surface area contributed by atoms with Crippen LogP contribution >= 0.6 is 0 Å². The molecule has 1 N–H and O–H groups in total. The molecule has 2 rings (SSSR count). The normalized spacial score (nSPS) is 10.5. The SMILES string of the molecule is CCN(C)c1ncc2c(C(=O)O)cccc2n1. The van der Waals surface area contributed by atoms with Gasteiger partial charge in [0.1, 0.15) is 0 Å². The number of carboxylic acid groups (broad SMARTS) is 1. The fourth-order valence-corrected chi connectivity index (χ4v) is 1.56. The summed E-state index contributed by atoms with van der Waals surface area (Å²) < 4.78 is 0. The molecule has 17 heavy (non-hydrogen) atoms. The Morgan fingerprint density at radius 1 is 1.47 bits per heavy atom. The third-order valence-electron chi connectivity index (χ3n) is 2.66.